The van der Waals surface area contributed by atoms with Gasteiger partial charge in [0, 0.05) is 6.42 Å². The zero-order chi connectivity index (χ0) is 11.1. The van der Waals surface area contributed by atoms with Gasteiger partial charge >= 0.3 is 5.97 Å². The first-order valence-electron chi connectivity index (χ1n) is 4.56. The first-order chi connectivity index (χ1) is 7.27. The minimum atomic E-state index is -0.349. The van der Waals surface area contributed by atoms with Crippen LogP contribution >= 0.6 is 0 Å². The van der Waals surface area contributed by atoms with Crippen molar-refractivity contribution in [3.8, 4) is 0 Å². The van der Waals surface area contributed by atoms with Crippen molar-refractivity contribution in [1.82, 2.24) is 0 Å². The molecule has 0 aromatic heterocycles. The molecule has 0 radical (unpaired) electrons. The molecule has 0 saturated carbocycles. The Balaban J connectivity index is 2.72. The molecule has 0 aliphatic heterocycles. The molecule has 1 aromatic carbocycles. The van der Waals surface area contributed by atoms with Crippen LogP contribution in [0.15, 0.2) is 30.3 Å². The van der Waals surface area contributed by atoms with E-state index in [1.165, 1.54) is 7.11 Å². The largest absolute Gasteiger partial charge is 0.465 e. The first kappa shape index (κ1) is 11.2. The van der Waals surface area contributed by atoms with Gasteiger partial charge < -0.3 is 9.53 Å². The van der Waals surface area contributed by atoms with Crippen molar-refractivity contribution in [2.75, 3.05) is 7.11 Å². The number of rotatable bonds is 4. The van der Waals surface area contributed by atoms with Crippen molar-refractivity contribution < 1.29 is 14.3 Å². The van der Waals surface area contributed by atoms with E-state index >= 15 is 0 Å². The predicted molar refractivity (Wildman–Crippen MR) is 57.5 cm³/mol. The first-order valence-corrected chi connectivity index (χ1v) is 4.56. The Hall–Kier alpha value is -1.90. The second-order valence-electron chi connectivity index (χ2n) is 2.92. The summed E-state index contributed by atoms with van der Waals surface area (Å²) in [4.78, 5) is 21.2. The van der Waals surface area contributed by atoms with Crippen molar-refractivity contribution in [3.05, 3.63) is 41.5 Å². The standard InChI is InChI=1S/C12H12O3/c1-15-12(14)11-7-5-10(6-8-11)4-2-3-9-13/h2,4-9H,3H2,1H3. The van der Waals surface area contributed by atoms with E-state index in [0.717, 1.165) is 11.8 Å². The van der Waals surface area contributed by atoms with Gasteiger partial charge in [0.2, 0.25) is 0 Å². The number of hydrogen-bond acceptors (Lipinski definition) is 3. The Morgan fingerprint density at radius 1 is 1.33 bits per heavy atom. The van der Waals surface area contributed by atoms with Crippen LogP contribution in [-0.2, 0) is 9.53 Å². The normalized spacial score (nSPS) is 10.2. The maximum Gasteiger partial charge on any atom is 0.337 e. The summed E-state index contributed by atoms with van der Waals surface area (Å²) in [6.45, 7) is 0. The zero-order valence-corrected chi connectivity index (χ0v) is 8.47. The van der Waals surface area contributed by atoms with Crippen LogP contribution < -0.4 is 0 Å². The number of methoxy groups -OCH3 is 1. The Bertz CT molecular complexity index is 363. The lowest BCUT2D eigenvalue weighted by Crippen LogP contribution is -2.00. The average molecular weight is 204 g/mol. The highest BCUT2D eigenvalue weighted by Gasteiger charge is 2.02. The number of esters is 1. The lowest BCUT2D eigenvalue weighted by atomic mass is 10.1. The van der Waals surface area contributed by atoms with Crippen LogP contribution in [0.4, 0.5) is 0 Å². The highest BCUT2D eigenvalue weighted by Crippen LogP contribution is 2.07. The van der Waals surface area contributed by atoms with Crippen LogP contribution in [0.25, 0.3) is 6.08 Å². The van der Waals surface area contributed by atoms with Crippen LogP contribution in [-0.4, -0.2) is 19.4 Å². The Morgan fingerprint density at radius 3 is 2.53 bits per heavy atom. The summed E-state index contributed by atoms with van der Waals surface area (Å²) in [6, 6.07) is 6.97. The number of allylic oxidation sites excluding steroid dienone is 1. The molecule has 0 bridgehead atoms. The molecule has 0 aliphatic rings. The molecular weight excluding hydrogens is 192 g/mol. The van der Waals surface area contributed by atoms with E-state index < -0.39 is 0 Å². The molecule has 0 fully saturated rings. The fourth-order valence-electron chi connectivity index (χ4n) is 1.11. The second kappa shape index (κ2) is 5.75. The third kappa shape index (κ3) is 3.38. The summed E-state index contributed by atoms with van der Waals surface area (Å²) in [5.41, 5.74) is 1.47. The third-order valence-corrected chi connectivity index (χ3v) is 1.87. The second-order valence-corrected chi connectivity index (χ2v) is 2.92. The molecule has 0 aliphatic carbocycles. The lowest BCUT2D eigenvalue weighted by molar-refractivity contribution is -0.107. The van der Waals surface area contributed by atoms with Gasteiger partial charge in [-0.25, -0.2) is 4.79 Å². The molecular formula is C12H12O3. The summed E-state index contributed by atoms with van der Waals surface area (Å²) in [6.07, 6.45) is 4.83. The van der Waals surface area contributed by atoms with E-state index in [0.29, 0.717) is 12.0 Å². The topological polar surface area (TPSA) is 43.4 Å². The number of hydrogen-bond donors (Lipinski definition) is 0. The molecule has 0 amide bonds. The van der Waals surface area contributed by atoms with Crippen molar-refractivity contribution in [1.29, 1.82) is 0 Å². The summed E-state index contributed by atoms with van der Waals surface area (Å²) in [5.74, 6) is -0.349. The monoisotopic (exact) mass is 204 g/mol. The molecule has 78 valence electrons. The minimum Gasteiger partial charge on any atom is -0.465 e. The molecule has 3 nitrogen and oxygen atoms in total. The molecule has 0 unspecified atom stereocenters. The molecule has 1 aromatic rings. The van der Waals surface area contributed by atoms with Gasteiger partial charge in [0.25, 0.3) is 0 Å². The van der Waals surface area contributed by atoms with E-state index in [9.17, 15) is 9.59 Å². The summed E-state index contributed by atoms with van der Waals surface area (Å²) >= 11 is 0. The summed E-state index contributed by atoms with van der Waals surface area (Å²) in [7, 11) is 1.35. The fourth-order valence-corrected chi connectivity index (χ4v) is 1.11. The van der Waals surface area contributed by atoms with E-state index in [4.69, 9.17) is 0 Å². The zero-order valence-electron chi connectivity index (χ0n) is 8.47. The van der Waals surface area contributed by atoms with Crippen molar-refractivity contribution in [2.45, 2.75) is 6.42 Å². The van der Waals surface area contributed by atoms with Gasteiger partial charge in [0.05, 0.1) is 12.7 Å². The molecule has 0 spiro atoms. The van der Waals surface area contributed by atoms with Gasteiger partial charge in [-0.3, -0.25) is 0 Å². The molecule has 3 heteroatoms. The molecule has 0 N–H and O–H groups in total. The maximum absolute atomic E-state index is 11.1. The Morgan fingerprint density at radius 2 is 2.00 bits per heavy atom. The molecule has 15 heavy (non-hydrogen) atoms. The highest BCUT2D eigenvalue weighted by molar-refractivity contribution is 5.89. The van der Waals surface area contributed by atoms with Gasteiger partial charge in [-0.15, -0.1) is 0 Å². The van der Waals surface area contributed by atoms with Gasteiger partial charge in [0.15, 0.2) is 0 Å². The SMILES string of the molecule is COC(=O)c1ccc(C=CCC=O)cc1. The number of carbonyl (C=O) groups excluding carboxylic acids is 2. The van der Waals surface area contributed by atoms with E-state index in [1.54, 1.807) is 30.3 Å². The highest BCUT2D eigenvalue weighted by atomic mass is 16.5. The van der Waals surface area contributed by atoms with Crippen LogP contribution in [0.3, 0.4) is 0 Å². The number of ether oxygens (including phenoxy) is 1. The Labute approximate surface area is 88.4 Å². The van der Waals surface area contributed by atoms with Crippen molar-refractivity contribution >= 4 is 18.3 Å². The Kier molecular flexibility index (Phi) is 4.29. The minimum absolute atomic E-state index is 0.349. The van der Waals surface area contributed by atoms with Crippen LogP contribution in [0.1, 0.15) is 22.3 Å². The molecule has 0 atom stereocenters. The van der Waals surface area contributed by atoms with E-state index in [2.05, 4.69) is 4.74 Å². The third-order valence-electron chi connectivity index (χ3n) is 1.87. The van der Waals surface area contributed by atoms with Gasteiger partial charge in [-0.05, 0) is 17.7 Å². The van der Waals surface area contributed by atoms with Gasteiger partial charge in [-0.2, -0.15) is 0 Å². The average Bonchev–Trinajstić information content (AvgIpc) is 2.29. The number of benzene rings is 1. The quantitative estimate of drug-likeness (QED) is 0.557. The maximum atomic E-state index is 11.1. The summed E-state index contributed by atoms with van der Waals surface area (Å²) < 4.78 is 4.57. The van der Waals surface area contributed by atoms with Gasteiger partial charge in [0.1, 0.15) is 6.29 Å². The lowest BCUT2D eigenvalue weighted by Gasteiger charge is -1.98. The van der Waals surface area contributed by atoms with Gasteiger partial charge in [-0.1, -0.05) is 24.3 Å². The molecule has 0 heterocycles. The smallest absolute Gasteiger partial charge is 0.337 e. The van der Waals surface area contributed by atoms with Crippen molar-refractivity contribution in [3.63, 3.8) is 0 Å². The van der Waals surface area contributed by atoms with E-state index in [-0.39, 0.29) is 5.97 Å². The van der Waals surface area contributed by atoms with Crippen LogP contribution in [0.5, 0.6) is 0 Å². The van der Waals surface area contributed by atoms with Crippen LogP contribution in [0, 0.1) is 0 Å². The predicted octanol–water partition coefficient (Wildman–Crippen LogP) is 2.08. The number of carbonyl (C=O) groups is 2. The fraction of sp³-hybridized carbons (Fsp3) is 0.167. The van der Waals surface area contributed by atoms with Crippen LogP contribution in [0.2, 0.25) is 0 Å². The number of aldehydes is 1. The molecule has 0 saturated heterocycles. The summed E-state index contributed by atoms with van der Waals surface area (Å²) in [5, 5.41) is 0. The van der Waals surface area contributed by atoms with Crippen molar-refractivity contribution in [2.24, 2.45) is 0 Å². The molecule has 1 rings (SSSR count). The van der Waals surface area contributed by atoms with E-state index in [1.807, 2.05) is 6.08 Å².